The topological polar surface area (TPSA) is 38.9 Å². The second-order valence-electron chi connectivity index (χ2n) is 3.28. The van der Waals surface area contributed by atoms with Crippen LogP contribution in [0.3, 0.4) is 0 Å². The van der Waals surface area contributed by atoms with Crippen LogP contribution in [0.2, 0.25) is 5.15 Å². The van der Waals surface area contributed by atoms with Gasteiger partial charge in [-0.05, 0) is 6.07 Å². The molecule has 0 aliphatic carbocycles. The summed E-state index contributed by atoms with van der Waals surface area (Å²) in [6.07, 6.45) is -7.07. The first-order valence-corrected chi connectivity index (χ1v) is 4.86. The molecule has 0 aliphatic rings. The van der Waals surface area contributed by atoms with Gasteiger partial charge >= 0.3 is 6.18 Å². The Balaban J connectivity index is 3.23. The standard InChI is InChI=1S/C9H8ClF5N2/c10-7-5(6(2-16)8(11)12)1-4(3-17-7)9(13,14)15/h1,3,6,8H,2,16H2. The van der Waals surface area contributed by atoms with Crippen LogP contribution in [0, 0.1) is 0 Å². The Labute approximate surface area is 98.6 Å². The number of hydrogen-bond donors (Lipinski definition) is 1. The molecule has 0 spiro atoms. The van der Waals surface area contributed by atoms with Crippen molar-refractivity contribution in [1.29, 1.82) is 0 Å². The Morgan fingerprint density at radius 2 is 1.94 bits per heavy atom. The minimum absolute atomic E-state index is 0.390. The van der Waals surface area contributed by atoms with Crippen molar-refractivity contribution in [2.75, 3.05) is 6.54 Å². The van der Waals surface area contributed by atoms with Crippen molar-refractivity contribution >= 4 is 11.6 Å². The molecule has 1 atom stereocenters. The van der Waals surface area contributed by atoms with E-state index in [9.17, 15) is 22.0 Å². The quantitative estimate of drug-likeness (QED) is 0.680. The van der Waals surface area contributed by atoms with Crippen LogP contribution in [-0.4, -0.2) is 18.0 Å². The molecule has 1 rings (SSSR count). The Kier molecular flexibility index (Phi) is 4.26. The molecular weight excluding hydrogens is 267 g/mol. The molecule has 0 saturated heterocycles. The summed E-state index contributed by atoms with van der Waals surface area (Å²) in [6, 6.07) is 0.555. The van der Waals surface area contributed by atoms with Gasteiger partial charge in [0.1, 0.15) is 5.15 Å². The Morgan fingerprint density at radius 1 is 1.35 bits per heavy atom. The highest BCUT2D eigenvalue weighted by Crippen LogP contribution is 2.34. The fraction of sp³-hybridized carbons (Fsp3) is 0.444. The highest BCUT2D eigenvalue weighted by molar-refractivity contribution is 6.30. The van der Waals surface area contributed by atoms with E-state index in [2.05, 4.69) is 4.98 Å². The minimum atomic E-state index is -4.66. The van der Waals surface area contributed by atoms with Crippen LogP contribution in [0.1, 0.15) is 17.0 Å². The fourth-order valence-electron chi connectivity index (χ4n) is 1.25. The van der Waals surface area contributed by atoms with Crippen molar-refractivity contribution < 1.29 is 22.0 Å². The molecule has 0 bridgehead atoms. The lowest BCUT2D eigenvalue weighted by Crippen LogP contribution is -2.21. The predicted molar refractivity (Wildman–Crippen MR) is 52.0 cm³/mol. The smallest absolute Gasteiger partial charge is 0.330 e. The van der Waals surface area contributed by atoms with E-state index in [-0.39, 0.29) is 5.56 Å². The lowest BCUT2D eigenvalue weighted by atomic mass is 10.00. The zero-order valence-electron chi connectivity index (χ0n) is 8.31. The average Bonchev–Trinajstić information content (AvgIpc) is 2.19. The van der Waals surface area contributed by atoms with Gasteiger partial charge in [0.25, 0.3) is 0 Å². The maximum atomic E-state index is 12.5. The molecular formula is C9H8ClF5N2. The van der Waals surface area contributed by atoms with Crippen molar-refractivity contribution in [3.05, 3.63) is 28.5 Å². The second kappa shape index (κ2) is 5.14. The van der Waals surface area contributed by atoms with Gasteiger partial charge in [-0.25, -0.2) is 13.8 Å². The van der Waals surface area contributed by atoms with E-state index in [1.54, 1.807) is 0 Å². The Morgan fingerprint density at radius 3 is 2.35 bits per heavy atom. The highest BCUT2D eigenvalue weighted by Gasteiger charge is 2.33. The van der Waals surface area contributed by atoms with Gasteiger partial charge in [0.15, 0.2) is 0 Å². The van der Waals surface area contributed by atoms with Gasteiger partial charge < -0.3 is 5.73 Å². The van der Waals surface area contributed by atoms with E-state index in [4.69, 9.17) is 17.3 Å². The molecule has 0 amide bonds. The Hall–Kier alpha value is -0.950. The summed E-state index contributed by atoms with van der Waals surface area (Å²) in [5, 5.41) is -0.395. The van der Waals surface area contributed by atoms with Crippen molar-refractivity contribution in [3.8, 4) is 0 Å². The number of halogens is 6. The monoisotopic (exact) mass is 274 g/mol. The van der Waals surface area contributed by atoms with E-state index in [0.29, 0.717) is 12.3 Å². The summed E-state index contributed by atoms with van der Waals surface area (Å²) >= 11 is 5.50. The first-order valence-electron chi connectivity index (χ1n) is 4.48. The summed E-state index contributed by atoms with van der Waals surface area (Å²) < 4.78 is 62.2. The maximum Gasteiger partial charge on any atom is 0.417 e. The molecule has 0 radical (unpaired) electrons. The van der Waals surface area contributed by atoms with Crippen LogP contribution in [0.4, 0.5) is 22.0 Å². The van der Waals surface area contributed by atoms with Gasteiger partial charge in [-0.2, -0.15) is 13.2 Å². The van der Waals surface area contributed by atoms with E-state index >= 15 is 0 Å². The number of aromatic nitrogens is 1. The first kappa shape index (κ1) is 14.1. The lowest BCUT2D eigenvalue weighted by molar-refractivity contribution is -0.137. The van der Waals surface area contributed by atoms with Gasteiger partial charge in [-0.1, -0.05) is 11.6 Å². The normalized spacial score (nSPS) is 14.1. The molecule has 8 heteroatoms. The van der Waals surface area contributed by atoms with Crippen molar-refractivity contribution in [1.82, 2.24) is 4.98 Å². The molecule has 1 heterocycles. The van der Waals surface area contributed by atoms with Crippen LogP contribution in [0.25, 0.3) is 0 Å². The number of alkyl halides is 5. The lowest BCUT2D eigenvalue weighted by Gasteiger charge is -2.16. The van der Waals surface area contributed by atoms with Gasteiger partial charge in [-0.15, -0.1) is 0 Å². The van der Waals surface area contributed by atoms with Crippen molar-refractivity contribution in [2.45, 2.75) is 18.5 Å². The van der Waals surface area contributed by atoms with E-state index in [1.165, 1.54) is 0 Å². The van der Waals surface area contributed by atoms with Gasteiger partial charge in [0.05, 0.1) is 11.5 Å². The number of pyridine rings is 1. The molecule has 1 unspecified atom stereocenters. The number of rotatable bonds is 3. The number of nitrogens with two attached hydrogens (primary N) is 1. The molecule has 96 valence electrons. The van der Waals surface area contributed by atoms with Gasteiger partial charge in [0, 0.05) is 18.3 Å². The zero-order valence-corrected chi connectivity index (χ0v) is 9.06. The molecule has 0 saturated carbocycles. The van der Waals surface area contributed by atoms with Crippen LogP contribution < -0.4 is 5.73 Å². The second-order valence-corrected chi connectivity index (χ2v) is 3.64. The van der Waals surface area contributed by atoms with E-state index in [1.807, 2.05) is 0 Å². The molecule has 0 fully saturated rings. The number of nitrogens with zero attached hydrogens (tertiary/aromatic N) is 1. The van der Waals surface area contributed by atoms with Crippen LogP contribution in [0.5, 0.6) is 0 Å². The molecule has 1 aromatic heterocycles. The molecule has 2 nitrogen and oxygen atoms in total. The molecule has 2 N–H and O–H groups in total. The third kappa shape index (κ3) is 3.26. The van der Waals surface area contributed by atoms with E-state index in [0.717, 1.165) is 0 Å². The Bertz CT molecular complexity index is 393. The van der Waals surface area contributed by atoms with Gasteiger partial charge in [0.2, 0.25) is 6.43 Å². The maximum absolute atomic E-state index is 12.5. The van der Waals surface area contributed by atoms with Crippen molar-refractivity contribution in [3.63, 3.8) is 0 Å². The van der Waals surface area contributed by atoms with Gasteiger partial charge in [-0.3, -0.25) is 0 Å². The average molecular weight is 275 g/mol. The largest absolute Gasteiger partial charge is 0.417 e. The fourth-order valence-corrected chi connectivity index (χ4v) is 1.49. The summed E-state index contributed by atoms with van der Waals surface area (Å²) in [6.45, 7) is -0.514. The van der Waals surface area contributed by atoms with E-state index < -0.39 is 35.8 Å². The summed E-state index contributed by atoms with van der Waals surface area (Å²) in [7, 11) is 0. The van der Waals surface area contributed by atoms with Crippen LogP contribution in [0.15, 0.2) is 12.3 Å². The first-order chi connectivity index (χ1) is 7.77. The molecule has 1 aromatic rings. The van der Waals surface area contributed by atoms with Crippen LogP contribution in [-0.2, 0) is 6.18 Å². The highest BCUT2D eigenvalue weighted by atomic mass is 35.5. The summed E-state index contributed by atoms with van der Waals surface area (Å²) in [5.74, 6) is -1.56. The third-order valence-electron chi connectivity index (χ3n) is 2.15. The van der Waals surface area contributed by atoms with Crippen molar-refractivity contribution in [2.24, 2.45) is 5.73 Å². The summed E-state index contributed by atoms with van der Waals surface area (Å²) in [5.41, 5.74) is 3.57. The predicted octanol–water partition coefficient (Wildman–Crippen LogP) is 3.06. The molecule has 17 heavy (non-hydrogen) atoms. The minimum Gasteiger partial charge on any atom is -0.330 e. The summed E-state index contributed by atoms with van der Waals surface area (Å²) in [4.78, 5) is 3.25. The third-order valence-corrected chi connectivity index (χ3v) is 2.47. The SMILES string of the molecule is NCC(c1cc(C(F)(F)F)cnc1Cl)C(F)F. The van der Waals surface area contributed by atoms with Crippen LogP contribution >= 0.6 is 11.6 Å². The zero-order chi connectivity index (χ0) is 13.2. The molecule has 0 aliphatic heterocycles. The number of hydrogen-bond acceptors (Lipinski definition) is 2. The molecule has 0 aromatic carbocycles.